The van der Waals surface area contributed by atoms with E-state index in [0.29, 0.717) is 37.0 Å². The molecule has 24 heavy (non-hydrogen) atoms. The van der Waals surface area contributed by atoms with Gasteiger partial charge in [-0.1, -0.05) is 0 Å². The molecule has 1 saturated heterocycles. The van der Waals surface area contributed by atoms with Crippen molar-refractivity contribution in [2.24, 2.45) is 0 Å². The zero-order chi connectivity index (χ0) is 16.9. The highest BCUT2D eigenvalue weighted by atomic mass is 16.5. The second-order valence-corrected chi connectivity index (χ2v) is 5.35. The number of anilines is 2. The van der Waals surface area contributed by atoms with E-state index in [9.17, 15) is 4.79 Å². The maximum absolute atomic E-state index is 12.5. The van der Waals surface area contributed by atoms with Crippen molar-refractivity contribution in [2.75, 3.05) is 43.9 Å². The van der Waals surface area contributed by atoms with Gasteiger partial charge in [-0.2, -0.15) is 9.97 Å². The Hall–Kier alpha value is -2.97. The minimum absolute atomic E-state index is 0.107. The lowest BCUT2D eigenvalue weighted by atomic mass is 10.3. The summed E-state index contributed by atoms with van der Waals surface area (Å²) in [5.74, 6) is 1.19. The summed E-state index contributed by atoms with van der Waals surface area (Å²) in [6.07, 6.45) is 5.38. The predicted octanol–water partition coefficient (Wildman–Crippen LogP) is 0.210. The molecule has 1 amide bonds. The summed E-state index contributed by atoms with van der Waals surface area (Å²) >= 11 is 0. The SMILES string of the molecule is COc1cc(N2CCCN(C(=O)c3cnccn3)CC2)nc(N)n1. The van der Waals surface area contributed by atoms with Crippen molar-refractivity contribution in [3.63, 3.8) is 0 Å². The first-order chi connectivity index (χ1) is 11.7. The van der Waals surface area contributed by atoms with Gasteiger partial charge in [0.2, 0.25) is 11.8 Å². The molecular weight excluding hydrogens is 310 g/mol. The molecule has 3 rings (SSSR count). The lowest BCUT2D eigenvalue weighted by Gasteiger charge is -2.23. The van der Waals surface area contributed by atoms with Gasteiger partial charge in [0.25, 0.3) is 5.91 Å². The average molecular weight is 329 g/mol. The van der Waals surface area contributed by atoms with Crippen LogP contribution in [0.5, 0.6) is 5.88 Å². The van der Waals surface area contributed by atoms with Crippen molar-refractivity contribution in [3.05, 3.63) is 30.4 Å². The summed E-state index contributed by atoms with van der Waals surface area (Å²) in [4.78, 5) is 32.6. The van der Waals surface area contributed by atoms with Gasteiger partial charge in [0.15, 0.2) is 0 Å². The highest BCUT2D eigenvalue weighted by Gasteiger charge is 2.22. The van der Waals surface area contributed by atoms with E-state index in [4.69, 9.17) is 10.5 Å². The number of methoxy groups -OCH3 is 1. The molecule has 0 saturated carbocycles. The van der Waals surface area contributed by atoms with E-state index in [1.165, 1.54) is 19.5 Å². The van der Waals surface area contributed by atoms with Crippen LogP contribution < -0.4 is 15.4 Å². The average Bonchev–Trinajstić information content (AvgIpc) is 2.87. The Balaban J connectivity index is 1.71. The van der Waals surface area contributed by atoms with E-state index in [0.717, 1.165) is 13.0 Å². The fourth-order valence-electron chi connectivity index (χ4n) is 2.62. The predicted molar refractivity (Wildman–Crippen MR) is 87.8 cm³/mol. The number of carbonyl (C=O) groups is 1. The Morgan fingerprint density at radius 1 is 1.21 bits per heavy atom. The minimum Gasteiger partial charge on any atom is -0.481 e. The smallest absolute Gasteiger partial charge is 0.274 e. The summed E-state index contributed by atoms with van der Waals surface area (Å²) in [5, 5.41) is 0. The molecule has 0 aromatic carbocycles. The number of nitrogens with two attached hydrogens (primary N) is 1. The third-order valence-corrected chi connectivity index (χ3v) is 3.80. The number of hydrogen-bond donors (Lipinski definition) is 1. The first-order valence-electron chi connectivity index (χ1n) is 7.66. The summed E-state index contributed by atoms with van der Waals surface area (Å²) in [5.41, 5.74) is 6.08. The molecule has 2 aromatic rings. The van der Waals surface area contributed by atoms with Gasteiger partial charge >= 0.3 is 0 Å². The van der Waals surface area contributed by atoms with Gasteiger partial charge in [-0.15, -0.1) is 0 Å². The summed E-state index contributed by atoms with van der Waals surface area (Å²) in [6.45, 7) is 2.64. The van der Waals surface area contributed by atoms with E-state index < -0.39 is 0 Å². The topological polar surface area (TPSA) is 110 Å². The van der Waals surface area contributed by atoms with E-state index in [2.05, 4.69) is 24.8 Å². The van der Waals surface area contributed by atoms with Gasteiger partial charge in [-0.3, -0.25) is 9.78 Å². The fourth-order valence-corrected chi connectivity index (χ4v) is 2.62. The normalized spacial score (nSPS) is 15.0. The number of amides is 1. The monoisotopic (exact) mass is 329 g/mol. The minimum atomic E-state index is -0.107. The largest absolute Gasteiger partial charge is 0.481 e. The molecule has 0 atom stereocenters. The molecule has 9 heteroatoms. The van der Waals surface area contributed by atoms with Crippen molar-refractivity contribution < 1.29 is 9.53 Å². The van der Waals surface area contributed by atoms with Crippen LogP contribution >= 0.6 is 0 Å². The Labute approximate surface area is 139 Å². The van der Waals surface area contributed by atoms with Crippen LogP contribution in [0.2, 0.25) is 0 Å². The number of nitrogens with zero attached hydrogens (tertiary/aromatic N) is 6. The van der Waals surface area contributed by atoms with Crippen LogP contribution in [0.25, 0.3) is 0 Å². The second-order valence-electron chi connectivity index (χ2n) is 5.35. The molecule has 1 aliphatic heterocycles. The van der Waals surface area contributed by atoms with Gasteiger partial charge in [-0.05, 0) is 6.42 Å². The third kappa shape index (κ3) is 3.50. The number of carbonyl (C=O) groups excluding carboxylic acids is 1. The molecule has 2 N–H and O–H groups in total. The molecule has 0 radical (unpaired) electrons. The van der Waals surface area contributed by atoms with Crippen LogP contribution in [0.1, 0.15) is 16.9 Å². The van der Waals surface area contributed by atoms with Gasteiger partial charge in [0, 0.05) is 44.6 Å². The molecule has 0 aliphatic carbocycles. The summed E-state index contributed by atoms with van der Waals surface area (Å²) < 4.78 is 5.14. The number of aromatic nitrogens is 4. The summed E-state index contributed by atoms with van der Waals surface area (Å²) in [7, 11) is 1.54. The molecule has 1 aliphatic rings. The molecule has 0 unspecified atom stereocenters. The molecule has 2 aromatic heterocycles. The first kappa shape index (κ1) is 15.9. The van der Waals surface area contributed by atoms with Gasteiger partial charge in [0.1, 0.15) is 11.5 Å². The van der Waals surface area contributed by atoms with Crippen LogP contribution in [0.4, 0.5) is 11.8 Å². The Kier molecular flexibility index (Phi) is 4.69. The van der Waals surface area contributed by atoms with Crippen LogP contribution in [-0.2, 0) is 0 Å². The van der Waals surface area contributed by atoms with Crippen molar-refractivity contribution in [1.29, 1.82) is 0 Å². The maximum atomic E-state index is 12.5. The molecule has 0 bridgehead atoms. The second kappa shape index (κ2) is 7.07. The van der Waals surface area contributed by atoms with Crippen LogP contribution in [0.3, 0.4) is 0 Å². The van der Waals surface area contributed by atoms with Crippen molar-refractivity contribution >= 4 is 17.7 Å². The molecule has 126 valence electrons. The number of nitrogen functional groups attached to an aromatic ring is 1. The number of ether oxygens (including phenoxy) is 1. The van der Waals surface area contributed by atoms with E-state index in [1.54, 1.807) is 17.2 Å². The van der Waals surface area contributed by atoms with Gasteiger partial charge in [-0.25, -0.2) is 4.98 Å². The lowest BCUT2D eigenvalue weighted by molar-refractivity contribution is 0.0760. The third-order valence-electron chi connectivity index (χ3n) is 3.80. The van der Waals surface area contributed by atoms with E-state index in [-0.39, 0.29) is 11.9 Å². The fraction of sp³-hybridized carbons (Fsp3) is 0.400. The molecule has 0 spiro atoms. The lowest BCUT2D eigenvalue weighted by Crippen LogP contribution is -2.35. The van der Waals surface area contributed by atoms with Gasteiger partial charge in [0.05, 0.1) is 13.3 Å². The molecular formula is C15H19N7O2. The number of rotatable bonds is 3. The Bertz CT molecular complexity index is 710. The summed E-state index contributed by atoms with van der Waals surface area (Å²) in [6, 6.07) is 1.75. The Morgan fingerprint density at radius 2 is 2.08 bits per heavy atom. The van der Waals surface area contributed by atoms with E-state index in [1.807, 2.05) is 0 Å². The molecule has 3 heterocycles. The maximum Gasteiger partial charge on any atom is 0.274 e. The zero-order valence-electron chi connectivity index (χ0n) is 13.4. The van der Waals surface area contributed by atoms with Crippen LogP contribution in [0, 0.1) is 0 Å². The van der Waals surface area contributed by atoms with Crippen LogP contribution in [-0.4, -0.2) is 64.0 Å². The standard InChI is InChI=1S/C15H19N7O2/c1-24-13-9-12(19-15(16)20-13)21-5-2-6-22(8-7-21)14(23)11-10-17-3-4-18-11/h3-4,9-10H,2,5-8H2,1H3,(H2,16,19,20). The van der Waals surface area contributed by atoms with Crippen LogP contribution in [0.15, 0.2) is 24.7 Å². The molecule has 9 nitrogen and oxygen atoms in total. The number of hydrogen-bond acceptors (Lipinski definition) is 8. The van der Waals surface area contributed by atoms with E-state index >= 15 is 0 Å². The molecule has 1 fully saturated rings. The van der Waals surface area contributed by atoms with Crippen molar-refractivity contribution in [1.82, 2.24) is 24.8 Å². The quantitative estimate of drug-likeness (QED) is 0.851. The zero-order valence-corrected chi connectivity index (χ0v) is 13.4. The highest BCUT2D eigenvalue weighted by molar-refractivity contribution is 5.92. The Morgan fingerprint density at radius 3 is 2.83 bits per heavy atom. The van der Waals surface area contributed by atoms with Gasteiger partial charge < -0.3 is 20.3 Å². The van der Waals surface area contributed by atoms with Crippen molar-refractivity contribution in [3.8, 4) is 5.88 Å². The van der Waals surface area contributed by atoms with Crippen molar-refractivity contribution in [2.45, 2.75) is 6.42 Å². The first-order valence-corrected chi connectivity index (χ1v) is 7.66. The highest BCUT2D eigenvalue weighted by Crippen LogP contribution is 2.20.